The second-order valence-electron chi connectivity index (χ2n) is 19.4. The summed E-state index contributed by atoms with van der Waals surface area (Å²) in [6.45, 7) is 11.9. The van der Waals surface area contributed by atoms with Gasteiger partial charge in [-0.2, -0.15) is 0 Å². The minimum atomic E-state index is -1.43. The van der Waals surface area contributed by atoms with E-state index in [0.717, 1.165) is 61.4 Å². The number of rotatable bonds is 8. The molecule has 11 aromatic rings. The first-order valence-corrected chi connectivity index (χ1v) is 26.6. The van der Waals surface area contributed by atoms with Gasteiger partial charge >= 0.3 is 0 Å². The van der Waals surface area contributed by atoms with Crippen LogP contribution in [0.15, 0.2) is 217 Å². The lowest BCUT2D eigenvalue weighted by molar-refractivity contribution is 0.660. The predicted molar refractivity (Wildman–Crippen MR) is 284 cm³/mol. The fourth-order valence-electron chi connectivity index (χ4n) is 10.6. The quantitative estimate of drug-likeness (QED) is 0.112. The van der Waals surface area contributed by atoms with Gasteiger partial charge in [0.25, 0.3) is 0 Å². The molecule has 0 aliphatic heterocycles. The summed E-state index contributed by atoms with van der Waals surface area (Å²) in [5, 5.41) is 8.42. The van der Waals surface area contributed by atoms with Crippen LogP contribution in [-0.4, -0.2) is 8.07 Å². The molecule has 0 saturated heterocycles. The Kier molecular flexibility index (Phi) is 9.20. The van der Waals surface area contributed by atoms with Gasteiger partial charge in [0.2, 0.25) is 0 Å². The van der Waals surface area contributed by atoms with Crippen LogP contribution in [0.1, 0.15) is 25.0 Å². The van der Waals surface area contributed by atoms with E-state index in [9.17, 15) is 0 Å². The highest BCUT2D eigenvalue weighted by Gasteiger charge is 2.36. The van der Waals surface area contributed by atoms with Gasteiger partial charge in [-0.25, -0.2) is 0 Å². The first-order valence-electron chi connectivity index (χ1n) is 23.1. The van der Waals surface area contributed by atoms with Crippen LogP contribution in [0.3, 0.4) is 0 Å². The fourth-order valence-corrected chi connectivity index (χ4v) is 11.7. The number of nitrogens with zero attached hydrogens (tertiary/aromatic N) is 2. The second-order valence-corrected chi connectivity index (χ2v) is 24.5. The molecule has 0 saturated carbocycles. The summed E-state index contributed by atoms with van der Waals surface area (Å²) >= 11 is 0. The summed E-state index contributed by atoms with van der Waals surface area (Å²) in [5.41, 5.74) is 16.1. The summed E-state index contributed by atoms with van der Waals surface area (Å²) in [6, 6.07) is 77.7. The van der Waals surface area contributed by atoms with Crippen molar-refractivity contribution in [2.45, 2.75) is 38.9 Å². The molecule has 1 aromatic heterocycles. The van der Waals surface area contributed by atoms with E-state index in [4.69, 9.17) is 4.42 Å². The van der Waals surface area contributed by atoms with Crippen LogP contribution in [-0.2, 0) is 5.41 Å². The summed E-state index contributed by atoms with van der Waals surface area (Å²) < 4.78 is 7.05. The summed E-state index contributed by atoms with van der Waals surface area (Å²) in [7, 11) is -1.43. The summed E-state index contributed by atoms with van der Waals surface area (Å²) in [4.78, 5) is 4.71. The lowest BCUT2D eigenvalue weighted by Crippen LogP contribution is -2.37. The molecular weight excluding hydrogens is 817 g/mol. The van der Waals surface area contributed by atoms with Crippen molar-refractivity contribution in [1.29, 1.82) is 0 Å². The lowest BCUT2D eigenvalue weighted by atomic mass is 9.82. The van der Waals surface area contributed by atoms with Crippen molar-refractivity contribution in [3.63, 3.8) is 0 Å². The molecule has 4 heteroatoms. The van der Waals surface area contributed by atoms with E-state index in [0.29, 0.717) is 0 Å². The molecule has 3 nitrogen and oxygen atoms in total. The molecule has 1 heterocycles. The molecule has 10 aromatic carbocycles. The molecule has 1 aliphatic rings. The molecule has 1 aliphatic carbocycles. The van der Waals surface area contributed by atoms with E-state index >= 15 is 0 Å². The van der Waals surface area contributed by atoms with Crippen molar-refractivity contribution >= 4 is 90.9 Å². The molecule has 66 heavy (non-hydrogen) atoms. The van der Waals surface area contributed by atoms with E-state index in [2.05, 4.69) is 256 Å². The zero-order valence-electron chi connectivity index (χ0n) is 38.0. The third kappa shape index (κ3) is 6.47. The van der Waals surface area contributed by atoms with E-state index in [1.165, 1.54) is 54.7 Å². The Hall–Kier alpha value is -7.66. The number of benzene rings is 10. The Morgan fingerprint density at radius 1 is 0.379 bits per heavy atom. The van der Waals surface area contributed by atoms with Gasteiger partial charge in [0.15, 0.2) is 0 Å². The summed E-state index contributed by atoms with van der Waals surface area (Å²) in [5.74, 6) is 0. The number of fused-ring (bicyclic) bond motifs is 11. The van der Waals surface area contributed by atoms with Gasteiger partial charge < -0.3 is 14.2 Å². The van der Waals surface area contributed by atoms with Crippen molar-refractivity contribution in [1.82, 2.24) is 0 Å². The minimum absolute atomic E-state index is 0.109. The molecule has 12 rings (SSSR count). The molecule has 0 bridgehead atoms. The Labute approximate surface area is 387 Å². The SMILES string of the molecule is CC1(C)c2ccccc2-c2ccc(N(c3ccccc3)c3ccc4c(c3)oc3c5ccc(-c6ccc(N(c7ccccc7)c7ccc([Si](C)(C)C)cc7)cc6)cc5c5ccccc5c43)cc21. The predicted octanol–water partition coefficient (Wildman–Crippen LogP) is 17.4. The lowest BCUT2D eigenvalue weighted by Gasteiger charge is -2.28. The van der Waals surface area contributed by atoms with Gasteiger partial charge in [-0.05, 0) is 134 Å². The van der Waals surface area contributed by atoms with E-state index in [1.54, 1.807) is 0 Å². The maximum atomic E-state index is 7.05. The van der Waals surface area contributed by atoms with Crippen molar-refractivity contribution in [2.24, 2.45) is 0 Å². The monoisotopic (exact) mass is 866 g/mol. The number of hydrogen-bond acceptors (Lipinski definition) is 3. The molecule has 318 valence electrons. The van der Waals surface area contributed by atoms with Crippen molar-refractivity contribution in [2.75, 3.05) is 9.80 Å². The van der Waals surface area contributed by atoms with Gasteiger partial charge in [-0.15, -0.1) is 0 Å². The van der Waals surface area contributed by atoms with Gasteiger partial charge in [0, 0.05) is 61.8 Å². The molecule has 0 amide bonds. The normalized spacial score (nSPS) is 13.0. The Morgan fingerprint density at radius 3 is 1.59 bits per heavy atom. The largest absolute Gasteiger partial charge is 0.455 e. The second kappa shape index (κ2) is 15.2. The first-order chi connectivity index (χ1) is 32.1. The smallest absolute Gasteiger partial charge is 0.143 e. The van der Waals surface area contributed by atoms with Gasteiger partial charge in [0.1, 0.15) is 11.2 Å². The van der Waals surface area contributed by atoms with Crippen LogP contribution in [0.5, 0.6) is 0 Å². The van der Waals surface area contributed by atoms with Crippen LogP contribution >= 0.6 is 0 Å². The van der Waals surface area contributed by atoms with Crippen molar-refractivity contribution in [3.05, 3.63) is 223 Å². The summed E-state index contributed by atoms with van der Waals surface area (Å²) in [6.07, 6.45) is 0. The number of hydrogen-bond donors (Lipinski definition) is 0. The molecule has 0 unspecified atom stereocenters. The average Bonchev–Trinajstić information content (AvgIpc) is 3.84. The number of para-hydroxylation sites is 2. The number of anilines is 6. The molecule has 0 N–H and O–H groups in total. The van der Waals surface area contributed by atoms with Crippen LogP contribution < -0.4 is 15.0 Å². The Bertz CT molecular complexity index is 3640. The Morgan fingerprint density at radius 2 is 0.894 bits per heavy atom. The third-order valence-electron chi connectivity index (χ3n) is 14.0. The first kappa shape index (κ1) is 39.9. The van der Waals surface area contributed by atoms with E-state index in [1.807, 2.05) is 0 Å². The number of furan rings is 1. The van der Waals surface area contributed by atoms with Crippen LogP contribution in [0.2, 0.25) is 19.6 Å². The fraction of sp³-hybridized carbons (Fsp3) is 0.0968. The third-order valence-corrected chi connectivity index (χ3v) is 16.1. The van der Waals surface area contributed by atoms with Crippen LogP contribution in [0.4, 0.5) is 34.1 Å². The topological polar surface area (TPSA) is 19.6 Å². The van der Waals surface area contributed by atoms with Crippen LogP contribution in [0.25, 0.3) is 65.7 Å². The van der Waals surface area contributed by atoms with Gasteiger partial charge in [-0.1, -0.05) is 160 Å². The average molecular weight is 867 g/mol. The standard InChI is InChI=1S/C62H50N2OSi/c1-62(2)57-23-15-14-21-51(57)52-36-31-47(39-58(52)62)64(44-18-10-7-11-19-44)48-32-37-55-59(40-48)65-61-54-35-26-42(38-56(54)50-20-12-13-22-53(50)60(55)61)41-24-27-45(28-25-41)63(43-16-8-6-9-17-43)46-29-33-49(34-30-46)66(3,4)5/h6-40H,1-5H3. The van der Waals surface area contributed by atoms with Crippen molar-refractivity contribution in [3.8, 4) is 22.3 Å². The van der Waals surface area contributed by atoms with Gasteiger partial charge in [-0.3, -0.25) is 0 Å². The Balaban J connectivity index is 0.949. The van der Waals surface area contributed by atoms with Crippen molar-refractivity contribution < 1.29 is 4.42 Å². The zero-order valence-corrected chi connectivity index (χ0v) is 39.0. The highest BCUT2D eigenvalue weighted by Crippen LogP contribution is 2.51. The maximum Gasteiger partial charge on any atom is 0.143 e. The molecule has 0 spiro atoms. The van der Waals surface area contributed by atoms with Gasteiger partial charge in [0.05, 0.1) is 8.07 Å². The highest BCUT2D eigenvalue weighted by molar-refractivity contribution is 6.88. The molecule has 0 atom stereocenters. The minimum Gasteiger partial charge on any atom is -0.455 e. The van der Waals surface area contributed by atoms with Crippen LogP contribution in [0, 0.1) is 0 Å². The highest BCUT2D eigenvalue weighted by atomic mass is 28.3. The molecule has 0 fully saturated rings. The maximum absolute atomic E-state index is 7.05. The van der Waals surface area contributed by atoms with E-state index < -0.39 is 8.07 Å². The molecule has 0 radical (unpaired) electrons. The molecular formula is C62H50N2OSi. The van der Waals surface area contributed by atoms with E-state index in [-0.39, 0.29) is 5.41 Å². The zero-order chi connectivity index (χ0) is 44.7.